The summed E-state index contributed by atoms with van der Waals surface area (Å²) >= 11 is 0. The average molecular weight is 467 g/mol. The molecule has 0 aliphatic carbocycles. The quantitative estimate of drug-likeness (QED) is 0.288. The number of benzene rings is 3. The van der Waals surface area contributed by atoms with E-state index >= 15 is 0 Å². The Bertz CT molecular complexity index is 1600. The fraction of sp³-hybridized carbons (Fsp3) is 0.148. The molecule has 2 heterocycles. The standard InChI is InChI=1S/C27H26N6O2/c1-3-33(4-2)18-12-10-17(11-13-18)29-26(34)16-9-14-20-19(15-16)23(28)24(30-20)25-27(35)32-22-8-6-5-7-21(22)31-25/h5-15,30H,3-4,28H2,1-2H3,(H,29,34)(H,32,35). The van der Waals surface area contributed by atoms with Gasteiger partial charge in [-0.25, -0.2) is 4.98 Å². The van der Waals surface area contributed by atoms with E-state index in [0.717, 1.165) is 18.8 Å². The number of hydrogen-bond acceptors (Lipinski definition) is 5. The second kappa shape index (κ2) is 8.98. The third kappa shape index (κ3) is 4.10. The Balaban J connectivity index is 1.44. The molecular weight excluding hydrogens is 440 g/mol. The van der Waals surface area contributed by atoms with Gasteiger partial charge in [-0.2, -0.15) is 0 Å². The highest BCUT2D eigenvalue weighted by Gasteiger charge is 2.17. The van der Waals surface area contributed by atoms with Gasteiger partial charge in [0.2, 0.25) is 0 Å². The van der Waals surface area contributed by atoms with Crippen molar-refractivity contribution in [1.82, 2.24) is 15.0 Å². The van der Waals surface area contributed by atoms with Gasteiger partial charge < -0.3 is 25.9 Å². The summed E-state index contributed by atoms with van der Waals surface area (Å²) < 4.78 is 0. The number of anilines is 3. The van der Waals surface area contributed by atoms with E-state index < -0.39 is 0 Å². The van der Waals surface area contributed by atoms with Crippen LogP contribution < -0.4 is 21.5 Å². The third-order valence-corrected chi connectivity index (χ3v) is 6.19. The van der Waals surface area contributed by atoms with E-state index in [2.05, 4.69) is 39.0 Å². The van der Waals surface area contributed by atoms with Crippen LogP contribution in [-0.4, -0.2) is 33.9 Å². The van der Waals surface area contributed by atoms with Crippen LogP contribution in [0.25, 0.3) is 33.3 Å². The van der Waals surface area contributed by atoms with Gasteiger partial charge in [-0.3, -0.25) is 9.59 Å². The van der Waals surface area contributed by atoms with Gasteiger partial charge in [0.1, 0.15) is 0 Å². The first kappa shape index (κ1) is 22.2. The molecule has 1 amide bonds. The lowest BCUT2D eigenvalue weighted by Crippen LogP contribution is -2.21. The first-order valence-corrected chi connectivity index (χ1v) is 11.6. The number of hydrogen-bond donors (Lipinski definition) is 4. The molecule has 2 aromatic heterocycles. The lowest BCUT2D eigenvalue weighted by atomic mass is 10.1. The number of amides is 1. The molecule has 0 bridgehead atoms. The summed E-state index contributed by atoms with van der Waals surface area (Å²) in [5.74, 6) is -0.244. The van der Waals surface area contributed by atoms with Gasteiger partial charge in [-0.1, -0.05) is 12.1 Å². The molecule has 0 atom stereocenters. The van der Waals surface area contributed by atoms with Crippen molar-refractivity contribution in [3.8, 4) is 11.4 Å². The minimum absolute atomic E-state index is 0.205. The van der Waals surface area contributed by atoms with Crippen LogP contribution in [-0.2, 0) is 0 Å². The number of nitrogens with zero attached hydrogens (tertiary/aromatic N) is 2. The van der Waals surface area contributed by atoms with E-state index in [1.165, 1.54) is 0 Å². The number of nitrogen functional groups attached to an aromatic ring is 1. The molecule has 0 saturated carbocycles. The fourth-order valence-electron chi connectivity index (χ4n) is 4.29. The average Bonchev–Trinajstić information content (AvgIpc) is 3.20. The van der Waals surface area contributed by atoms with Crippen LogP contribution in [0.1, 0.15) is 24.2 Å². The third-order valence-electron chi connectivity index (χ3n) is 6.19. The van der Waals surface area contributed by atoms with Gasteiger partial charge in [0.25, 0.3) is 11.5 Å². The number of H-pyrrole nitrogens is 2. The minimum Gasteiger partial charge on any atom is -0.396 e. The smallest absolute Gasteiger partial charge is 0.276 e. The van der Waals surface area contributed by atoms with E-state index in [0.29, 0.717) is 44.6 Å². The van der Waals surface area contributed by atoms with Crippen LogP contribution in [0.15, 0.2) is 71.5 Å². The Labute approximate surface area is 201 Å². The maximum absolute atomic E-state index is 12.9. The summed E-state index contributed by atoms with van der Waals surface area (Å²) in [6.07, 6.45) is 0. The summed E-state index contributed by atoms with van der Waals surface area (Å²) in [6.45, 7) is 6.06. The maximum atomic E-state index is 12.9. The molecule has 5 N–H and O–H groups in total. The molecule has 176 valence electrons. The van der Waals surface area contributed by atoms with Gasteiger partial charge in [-0.15, -0.1) is 0 Å². The van der Waals surface area contributed by atoms with E-state index in [9.17, 15) is 9.59 Å². The second-order valence-corrected chi connectivity index (χ2v) is 8.28. The van der Waals surface area contributed by atoms with Gasteiger partial charge in [0.15, 0.2) is 5.69 Å². The normalized spacial score (nSPS) is 11.1. The van der Waals surface area contributed by atoms with E-state index in [1.807, 2.05) is 42.5 Å². The Morgan fingerprint density at radius 2 is 1.71 bits per heavy atom. The van der Waals surface area contributed by atoms with Crippen LogP contribution in [0.4, 0.5) is 17.1 Å². The molecule has 0 saturated heterocycles. The first-order valence-electron chi connectivity index (χ1n) is 11.6. The van der Waals surface area contributed by atoms with Crippen molar-refractivity contribution >= 4 is 44.9 Å². The zero-order valence-electron chi connectivity index (χ0n) is 19.6. The van der Waals surface area contributed by atoms with Crippen LogP contribution in [0, 0.1) is 0 Å². The molecule has 0 radical (unpaired) electrons. The number of rotatable bonds is 6. The summed E-state index contributed by atoms with van der Waals surface area (Å²) in [6, 6.07) is 20.3. The molecule has 5 aromatic rings. The van der Waals surface area contributed by atoms with Crippen molar-refractivity contribution < 1.29 is 4.79 Å². The van der Waals surface area contributed by atoms with Crippen LogP contribution in [0.2, 0.25) is 0 Å². The molecule has 8 heteroatoms. The first-order chi connectivity index (χ1) is 17.0. The highest BCUT2D eigenvalue weighted by Crippen LogP contribution is 2.31. The molecule has 0 spiro atoms. The summed E-state index contributed by atoms with van der Waals surface area (Å²) in [5.41, 5.74) is 11.4. The number of para-hydroxylation sites is 2. The second-order valence-electron chi connectivity index (χ2n) is 8.28. The molecular formula is C27H26N6O2. The predicted molar refractivity (Wildman–Crippen MR) is 142 cm³/mol. The van der Waals surface area contributed by atoms with Crippen molar-refractivity contribution in [2.24, 2.45) is 0 Å². The maximum Gasteiger partial charge on any atom is 0.276 e. The van der Waals surface area contributed by atoms with Gasteiger partial charge in [0.05, 0.1) is 22.4 Å². The van der Waals surface area contributed by atoms with Crippen molar-refractivity contribution in [3.05, 3.63) is 82.6 Å². The molecule has 8 nitrogen and oxygen atoms in total. The SMILES string of the molecule is CCN(CC)c1ccc(NC(=O)c2ccc3[nH]c(-c4nc5ccccc5[nH]c4=O)c(N)c3c2)cc1. The minimum atomic E-state index is -0.340. The number of nitrogens with one attached hydrogen (secondary N) is 3. The molecule has 5 rings (SSSR count). The summed E-state index contributed by atoms with van der Waals surface area (Å²) in [7, 11) is 0. The largest absolute Gasteiger partial charge is 0.396 e. The van der Waals surface area contributed by atoms with E-state index in [-0.39, 0.29) is 17.2 Å². The highest BCUT2D eigenvalue weighted by molar-refractivity contribution is 6.09. The van der Waals surface area contributed by atoms with Crippen molar-refractivity contribution in [3.63, 3.8) is 0 Å². The molecule has 35 heavy (non-hydrogen) atoms. The van der Waals surface area contributed by atoms with Gasteiger partial charge >= 0.3 is 0 Å². The highest BCUT2D eigenvalue weighted by atomic mass is 16.1. The number of fused-ring (bicyclic) bond motifs is 2. The monoisotopic (exact) mass is 466 g/mol. The topological polar surface area (TPSA) is 120 Å². The predicted octanol–water partition coefficient (Wildman–Crippen LogP) is 4.75. The van der Waals surface area contributed by atoms with E-state index in [1.54, 1.807) is 24.3 Å². The van der Waals surface area contributed by atoms with Crippen LogP contribution in [0.3, 0.4) is 0 Å². The number of carbonyl (C=O) groups is 1. The van der Waals surface area contributed by atoms with Crippen molar-refractivity contribution in [2.45, 2.75) is 13.8 Å². The summed E-state index contributed by atoms with van der Waals surface area (Å²) in [4.78, 5) is 38.4. The Hall–Kier alpha value is -4.59. The summed E-state index contributed by atoms with van der Waals surface area (Å²) in [5, 5.41) is 3.59. The Morgan fingerprint density at radius 3 is 2.46 bits per heavy atom. The zero-order valence-corrected chi connectivity index (χ0v) is 19.6. The molecule has 0 aliphatic rings. The lowest BCUT2D eigenvalue weighted by molar-refractivity contribution is 0.102. The molecule has 0 aliphatic heterocycles. The fourth-order valence-corrected chi connectivity index (χ4v) is 4.29. The van der Waals surface area contributed by atoms with Crippen LogP contribution in [0.5, 0.6) is 0 Å². The Kier molecular flexibility index (Phi) is 5.70. The van der Waals surface area contributed by atoms with Gasteiger partial charge in [0, 0.05) is 40.9 Å². The number of carbonyl (C=O) groups excluding carboxylic acids is 1. The molecule has 0 fully saturated rings. The Morgan fingerprint density at radius 1 is 0.971 bits per heavy atom. The van der Waals surface area contributed by atoms with Gasteiger partial charge in [-0.05, 0) is 68.4 Å². The number of aromatic nitrogens is 3. The number of aromatic amines is 2. The molecule has 3 aromatic carbocycles. The van der Waals surface area contributed by atoms with Crippen LogP contribution >= 0.6 is 0 Å². The van der Waals surface area contributed by atoms with E-state index in [4.69, 9.17) is 5.73 Å². The van der Waals surface area contributed by atoms with Crippen molar-refractivity contribution in [2.75, 3.05) is 29.0 Å². The van der Waals surface area contributed by atoms with Crippen molar-refractivity contribution in [1.29, 1.82) is 0 Å². The zero-order chi connectivity index (χ0) is 24.5. The number of nitrogens with two attached hydrogens (primary N) is 1. The lowest BCUT2D eigenvalue weighted by Gasteiger charge is -2.21. The molecule has 0 unspecified atom stereocenters.